The van der Waals surface area contributed by atoms with Gasteiger partial charge in [0.15, 0.2) is 0 Å². The van der Waals surface area contributed by atoms with E-state index in [0.29, 0.717) is 12.8 Å². The molecule has 0 aliphatic heterocycles. The topological polar surface area (TPSA) is 92.4 Å². The van der Waals surface area contributed by atoms with Crippen LogP contribution >= 0.6 is 0 Å². The van der Waals surface area contributed by atoms with Gasteiger partial charge < -0.3 is 14.9 Å². The van der Waals surface area contributed by atoms with Gasteiger partial charge in [0.2, 0.25) is 5.76 Å². The Kier molecular flexibility index (Phi) is 3.12. The lowest BCUT2D eigenvalue weighted by molar-refractivity contribution is -0.138. The summed E-state index contributed by atoms with van der Waals surface area (Å²) in [4.78, 5) is 22.7. The predicted molar refractivity (Wildman–Crippen MR) is 57.4 cm³/mol. The van der Waals surface area contributed by atoms with Gasteiger partial charge in [-0.25, -0.2) is 0 Å². The van der Waals surface area contributed by atoms with E-state index in [4.69, 9.17) is 9.63 Å². The number of rotatable bonds is 4. The van der Waals surface area contributed by atoms with Crippen LogP contribution in [0, 0.1) is 0 Å². The number of nitrogens with one attached hydrogen (secondary N) is 1. The second kappa shape index (κ2) is 4.57. The third-order valence-electron chi connectivity index (χ3n) is 3.09. The highest BCUT2D eigenvalue weighted by Gasteiger charge is 2.38. The molecule has 0 bridgehead atoms. The molecule has 92 valence electrons. The Morgan fingerprint density at radius 3 is 2.71 bits per heavy atom. The molecule has 2 rings (SSSR count). The summed E-state index contributed by atoms with van der Waals surface area (Å²) in [5.74, 6) is -1.18. The second-order valence-electron chi connectivity index (χ2n) is 4.39. The molecule has 1 fully saturated rings. The number of hydrogen-bond acceptors (Lipinski definition) is 4. The van der Waals surface area contributed by atoms with Crippen LogP contribution in [0.4, 0.5) is 0 Å². The molecule has 1 amide bonds. The van der Waals surface area contributed by atoms with Gasteiger partial charge in [-0.3, -0.25) is 9.59 Å². The summed E-state index contributed by atoms with van der Waals surface area (Å²) < 4.78 is 4.75. The van der Waals surface area contributed by atoms with Gasteiger partial charge in [0, 0.05) is 6.07 Å². The van der Waals surface area contributed by atoms with Crippen LogP contribution < -0.4 is 5.32 Å². The summed E-state index contributed by atoms with van der Waals surface area (Å²) in [7, 11) is 0. The van der Waals surface area contributed by atoms with Crippen LogP contribution in [-0.4, -0.2) is 27.7 Å². The van der Waals surface area contributed by atoms with Crippen molar-refractivity contribution < 1.29 is 19.2 Å². The normalized spacial score (nSPS) is 17.9. The van der Waals surface area contributed by atoms with Crippen molar-refractivity contribution in [3.05, 3.63) is 18.0 Å². The van der Waals surface area contributed by atoms with E-state index in [1.807, 2.05) is 0 Å². The summed E-state index contributed by atoms with van der Waals surface area (Å²) in [6, 6.07) is 1.46. The highest BCUT2D eigenvalue weighted by molar-refractivity contribution is 5.92. The van der Waals surface area contributed by atoms with Crippen LogP contribution in [0.25, 0.3) is 0 Å². The van der Waals surface area contributed by atoms with Crippen molar-refractivity contribution in [2.75, 3.05) is 0 Å². The van der Waals surface area contributed by atoms with Crippen LogP contribution in [0.15, 0.2) is 16.8 Å². The van der Waals surface area contributed by atoms with Crippen LogP contribution in [-0.2, 0) is 4.79 Å². The standard InChI is InChI=1S/C11H14N2O4/c14-9(15)7-11(4-1-2-5-11)13-10(16)8-3-6-12-17-8/h3,6H,1-2,4-5,7H2,(H,13,16)(H,14,15). The van der Waals surface area contributed by atoms with Crippen molar-refractivity contribution in [1.29, 1.82) is 0 Å². The fourth-order valence-electron chi connectivity index (χ4n) is 2.32. The molecule has 0 radical (unpaired) electrons. The van der Waals surface area contributed by atoms with Crippen molar-refractivity contribution >= 4 is 11.9 Å². The third-order valence-corrected chi connectivity index (χ3v) is 3.09. The van der Waals surface area contributed by atoms with E-state index in [-0.39, 0.29) is 12.2 Å². The number of aromatic nitrogens is 1. The van der Waals surface area contributed by atoms with Gasteiger partial charge in [-0.05, 0) is 12.8 Å². The molecule has 1 aromatic rings. The lowest BCUT2D eigenvalue weighted by Crippen LogP contribution is -2.47. The van der Waals surface area contributed by atoms with Gasteiger partial charge in [-0.2, -0.15) is 0 Å². The zero-order chi connectivity index (χ0) is 12.3. The van der Waals surface area contributed by atoms with Gasteiger partial charge >= 0.3 is 5.97 Å². The van der Waals surface area contributed by atoms with E-state index in [0.717, 1.165) is 12.8 Å². The Balaban J connectivity index is 2.08. The molecular weight excluding hydrogens is 224 g/mol. The maximum absolute atomic E-state index is 11.8. The number of carbonyl (C=O) groups excluding carboxylic acids is 1. The monoisotopic (exact) mass is 238 g/mol. The van der Waals surface area contributed by atoms with E-state index < -0.39 is 17.4 Å². The lowest BCUT2D eigenvalue weighted by Gasteiger charge is -2.27. The first-order valence-corrected chi connectivity index (χ1v) is 5.56. The first kappa shape index (κ1) is 11.6. The summed E-state index contributed by atoms with van der Waals surface area (Å²) in [5.41, 5.74) is -0.629. The van der Waals surface area contributed by atoms with Crippen molar-refractivity contribution in [3.63, 3.8) is 0 Å². The van der Waals surface area contributed by atoms with Crippen molar-refractivity contribution in [2.45, 2.75) is 37.6 Å². The van der Waals surface area contributed by atoms with Gasteiger partial charge in [0.05, 0.1) is 18.2 Å². The highest BCUT2D eigenvalue weighted by Crippen LogP contribution is 2.32. The molecule has 1 aliphatic carbocycles. The largest absolute Gasteiger partial charge is 0.481 e. The fraction of sp³-hybridized carbons (Fsp3) is 0.545. The van der Waals surface area contributed by atoms with Crippen LogP contribution in [0.3, 0.4) is 0 Å². The Morgan fingerprint density at radius 1 is 1.47 bits per heavy atom. The van der Waals surface area contributed by atoms with Crippen LogP contribution in [0.2, 0.25) is 0 Å². The van der Waals surface area contributed by atoms with Gasteiger partial charge in [-0.1, -0.05) is 18.0 Å². The van der Waals surface area contributed by atoms with Gasteiger partial charge in [0.25, 0.3) is 5.91 Å². The summed E-state index contributed by atoms with van der Waals surface area (Å²) in [5, 5.41) is 15.1. The Hall–Kier alpha value is -1.85. The minimum absolute atomic E-state index is 0.0487. The molecule has 1 heterocycles. The Morgan fingerprint density at radius 2 is 2.18 bits per heavy atom. The van der Waals surface area contributed by atoms with Crippen LogP contribution in [0.5, 0.6) is 0 Å². The zero-order valence-electron chi connectivity index (χ0n) is 9.31. The molecule has 6 heteroatoms. The highest BCUT2D eigenvalue weighted by atomic mass is 16.5. The molecule has 1 aliphatic rings. The van der Waals surface area contributed by atoms with Crippen LogP contribution in [0.1, 0.15) is 42.7 Å². The molecular formula is C11H14N2O4. The molecule has 1 aromatic heterocycles. The van der Waals surface area contributed by atoms with Gasteiger partial charge in [0.1, 0.15) is 0 Å². The molecule has 0 aromatic carbocycles. The quantitative estimate of drug-likeness (QED) is 0.822. The average molecular weight is 238 g/mol. The summed E-state index contributed by atoms with van der Waals surface area (Å²) in [6.45, 7) is 0. The smallest absolute Gasteiger partial charge is 0.305 e. The van der Waals surface area contributed by atoms with E-state index in [9.17, 15) is 9.59 Å². The average Bonchev–Trinajstić information content (AvgIpc) is 2.86. The lowest BCUT2D eigenvalue weighted by atomic mass is 9.93. The maximum Gasteiger partial charge on any atom is 0.305 e. The predicted octanol–water partition coefficient (Wildman–Crippen LogP) is 1.19. The number of nitrogens with zero attached hydrogens (tertiary/aromatic N) is 1. The van der Waals surface area contributed by atoms with E-state index in [1.165, 1.54) is 12.3 Å². The first-order chi connectivity index (χ1) is 8.11. The number of hydrogen-bond donors (Lipinski definition) is 2. The molecule has 0 spiro atoms. The second-order valence-corrected chi connectivity index (χ2v) is 4.39. The van der Waals surface area contributed by atoms with E-state index in [1.54, 1.807) is 0 Å². The van der Waals surface area contributed by atoms with E-state index in [2.05, 4.69) is 10.5 Å². The Labute approximate surface area is 98.0 Å². The minimum Gasteiger partial charge on any atom is -0.481 e. The number of aliphatic carboxylic acids is 1. The molecule has 2 N–H and O–H groups in total. The molecule has 17 heavy (non-hydrogen) atoms. The van der Waals surface area contributed by atoms with Crippen molar-refractivity contribution in [1.82, 2.24) is 10.5 Å². The molecule has 0 unspecified atom stereocenters. The number of carbonyl (C=O) groups is 2. The Bertz CT molecular complexity index is 407. The SMILES string of the molecule is O=C(O)CC1(NC(=O)c2ccno2)CCCC1. The molecule has 0 saturated heterocycles. The minimum atomic E-state index is -0.898. The van der Waals surface area contributed by atoms with Crippen molar-refractivity contribution in [3.8, 4) is 0 Å². The first-order valence-electron chi connectivity index (χ1n) is 5.56. The van der Waals surface area contributed by atoms with Crippen molar-refractivity contribution in [2.24, 2.45) is 0 Å². The van der Waals surface area contributed by atoms with E-state index >= 15 is 0 Å². The molecule has 6 nitrogen and oxygen atoms in total. The summed E-state index contributed by atoms with van der Waals surface area (Å²) >= 11 is 0. The molecule has 1 saturated carbocycles. The number of amides is 1. The maximum atomic E-state index is 11.8. The fourth-order valence-corrected chi connectivity index (χ4v) is 2.32. The van der Waals surface area contributed by atoms with Gasteiger partial charge in [-0.15, -0.1) is 0 Å². The number of carboxylic acid groups (broad SMARTS) is 1. The molecule has 0 atom stereocenters. The number of carboxylic acids is 1. The third kappa shape index (κ3) is 2.64. The summed E-state index contributed by atoms with van der Waals surface area (Å²) in [6.07, 6.45) is 4.59. The zero-order valence-corrected chi connectivity index (χ0v) is 9.31.